The Bertz CT molecular complexity index is 639. The Kier molecular flexibility index (Phi) is 6.60. The first-order valence-corrected chi connectivity index (χ1v) is 8.38. The molecule has 0 saturated heterocycles. The Morgan fingerprint density at radius 2 is 1.75 bits per heavy atom. The molecule has 0 aliphatic heterocycles. The van der Waals surface area contributed by atoms with Gasteiger partial charge in [0.05, 0.1) is 13.2 Å². The van der Waals surface area contributed by atoms with E-state index < -0.39 is 44.2 Å². The van der Waals surface area contributed by atoms with Gasteiger partial charge in [-0.1, -0.05) is 0 Å². The molecule has 1 aromatic heterocycles. The second-order valence-corrected chi connectivity index (χ2v) is 6.47. The lowest BCUT2D eigenvalue weighted by molar-refractivity contribution is -0.248. The van der Waals surface area contributed by atoms with Crippen LogP contribution in [0.25, 0.3) is 0 Å². The highest BCUT2D eigenvalue weighted by molar-refractivity contribution is 7.72. The first-order valence-electron chi connectivity index (χ1n) is 6.84. The zero-order valence-electron chi connectivity index (χ0n) is 13.1. The third kappa shape index (κ3) is 4.58. The van der Waals surface area contributed by atoms with E-state index in [4.69, 9.17) is 0 Å². The number of pyridine rings is 1. The van der Waals surface area contributed by atoms with Crippen LogP contribution in [0.5, 0.6) is 0 Å². The van der Waals surface area contributed by atoms with Gasteiger partial charge in [-0.05, 0) is 38.5 Å². The van der Waals surface area contributed by atoms with Gasteiger partial charge < -0.3 is 9.05 Å². The summed E-state index contributed by atoms with van der Waals surface area (Å²) < 4.78 is 87.9. The van der Waals surface area contributed by atoms with Crippen LogP contribution < -0.4 is 0 Å². The summed E-state index contributed by atoms with van der Waals surface area (Å²) in [5.41, 5.74) is -1.52. The van der Waals surface area contributed by atoms with Crippen molar-refractivity contribution in [1.29, 1.82) is 0 Å². The molecule has 1 aromatic rings. The van der Waals surface area contributed by atoms with E-state index in [9.17, 15) is 26.5 Å². The highest BCUT2D eigenvalue weighted by Gasteiger charge is 2.66. The van der Waals surface area contributed by atoms with Crippen molar-refractivity contribution in [3.05, 3.63) is 23.9 Å². The number of aromatic nitrogens is 1. The summed E-state index contributed by atoms with van der Waals surface area (Å²) in [6.07, 6.45) is -4.86. The molecule has 1 heterocycles. The van der Waals surface area contributed by atoms with Gasteiger partial charge in [0.25, 0.3) is 0 Å². The van der Waals surface area contributed by atoms with Gasteiger partial charge in [-0.2, -0.15) is 22.0 Å². The Morgan fingerprint density at radius 1 is 1.21 bits per heavy atom. The monoisotopic (exact) mass is 374 g/mol. The van der Waals surface area contributed by atoms with Crippen molar-refractivity contribution in [3.8, 4) is 0 Å². The van der Waals surface area contributed by atoms with Gasteiger partial charge in [-0.3, -0.25) is 4.57 Å². The van der Waals surface area contributed by atoms with Crippen molar-refractivity contribution in [2.45, 2.75) is 32.9 Å². The van der Waals surface area contributed by atoms with Crippen LogP contribution in [0.2, 0.25) is 0 Å². The zero-order chi connectivity index (χ0) is 18.6. The predicted octanol–water partition coefficient (Wildman–Crippen LogP) is 4.88. The molecule has 0 radical (unpaired) electrons. The molecular formula is C13H16F5N2O3P. The summed E-state index contributed by atoms with van der Waals surface area (Å²) in [6, 6.07) is 2.65. The lowest BCUT2D eigenvalue weighted by Gasteiger charge is -2.26. The highest BCUT2D eigenvalue weighted by Crippen LogP contribution is 2.57. The Morgan fingerprint density at radius 3 is 2.17 bits per heavy atom. The molecule has 0 amide bonds. The van der Waals surface area contributed by atoms with Crippen LogP contribution in [0.1, 0.15) is 19.4 Å². The molecule has 0 atom stereocenters. The van der Waals surface area contributed by atoms with Crippen LogP contribution in [0.4, 0.5) is 27.8 Å². The number of alkyl halides is 5. The van der Waals surface area contributed by atoms with Crippen molar-refractivity contribution in [3.63, 3.8) is 0 Å². The maximum Gasteiger partial charge on any atom is 0.460 e. The molecule has 0 saturated carbocycles. The Hall–Kier alpha value is -1.38. The van der Waals surface area contributed by atoms with E-state index in [1.807, 2.05) is 0 Å². The molecule has 24 heavy (non-hydrogen) atoms. The van der Waals surface area contributed by atoms with Crippen molar-refractivity contribution in [2.24, 2.45) is 4.99 Å². The van der Waals surface area contributed by atoms with Crippen LogP contribution in [-0.4, -0.2) is 35.7 Å². The number of hydrogen-bond donors (Lipinski definition) is 0. The summed E-state index contributed by atoms with van der Waals surface area (Å²) in [5.74, 6) is -5.98. The van der Waals surface area contributed by atoms with Crippen LogP contribution in [0.15, 0.2) is 23.3 Å². The van der Waals surface area contributed by atoms with Gasteiger partial charge in [0.1, 0.15) is 0 Å². The average molecular weight is 374 g/mol. The summed E-state index contributed by atoms with van der Waals surface area (Å²) in [6.45, 7) is 3.30. The van der Waals surface area contributed by atoms with E-state index in [2.05, 4.69) is 19.0 Å². The number of rotatable bonds is 7. The number of nitrogens with zero attached hydrogens (tertiary/aromatic N) is 2. The number of aryl methyl sites for hydroxylation is 1. The molecule has 0 aliphatic rings. The van der Waals surface area contributed by atoms with Crippen LogP contribution in [-0.2, 0) is 13.6 Å². The van der Waals surface area contributed by atoms with Gasteiger partial charge in [-0.15, -0.1) is 0 Å². The van der Waals surface area contributed by atoms with E-state index >= 15 is 0 Å². The molecule has 1 rings (SSSR count). The van der Waals surface area contributed by atoms with Gasteiger partial charge in [0.2, 0.25) is 5.45 Å². The quantitative estimate of drug-likeness (QED) is 0.388. The van der Waals surface area contributed by atoms with Crippen molar-refractivity contribution in [2.75, 3.05) is 13.2 Å². The summed E-state index contributed by atoms with van der Waals surface area (Å²) >= 11 is 0. The summed E-state index contributed by atoms with van der Waals surface area (Å²) in [7, 11) is -4.99. The maximum atomic E-state index is 13.9. The molecule has 0 aliphatic carbocycles. The minimum Gasteiger partial charge on any atom is -0.305 e. The van der Waals surface area contributed by atoms with Gasteiger partial charge in [0, 0.05) is 6.20 Å². The van der Waals surface area contributed by atoms with Crippen molar-refractivity contribution >= 4 is 18.9 Å². The van der Waals surface area contributed by atoms with Gasteiger partial charge >= 0.3 is 19.7 Å². The molecule has 5 nitrogen and oxygen atoms in total. The fraction of sp³-hybridized carbons (Fsp3) is 0.538. The molecule has 0 spiro atoms. The molecular weight excluding hydrogens is 358 g/mol. The Labute approximate surface area is 135 Å². The third-order valence-corrected chi connectivity index (χ3v) is 4.71. The average Bonchev–Trinajstić information content (AvgIpc) is 2.44. The molecule has 0 fully saturated rings. The first-order chi connectivity index (χ1) is 11.0. The van der Waals surface area contributed by atoms with E-state index in [1.54, 1.807) is 6.92 Å². The molecule has 0 unspecified atom stereocenters. The van der Waals surface area contributed by atoms with Crippen molar-refractivity contribution < 1.29 is 35.6 Å². The largest absolute Gasteiger partial charge is 0.460 e. The standard InChI is InChI=1S/C13H16F5N2O3P/c1-4-22-24(21,23-5-2)11(12(14,15)13(16,17)18)20-10-8-9(3)6-7-19-10/h6-8H,4-5H2,1-3H3. The van der Waals surface area contributed by atoms with Crippen LogP contribution in [0.3, 0.4) is 0 Å². The number of hydrogen-bond acceptors (Lipinski definition) is 5. The Balaban J connectivity index is 3.61. The lowest BCUT2D eigenvalue weighted by Crippen LogP contribution is -2.44. The zero-order valence-corrected chi connectivity index (χ0v) is 14.0. The van der Waals surface area contributed by atoms with Gasteiger partial charge in [0.15, 0.2) is 5.82 Å². The van der Waals surface area contributed by atoms with E-state index in [0.717, 1.165) is 6.07 Å². The van der Waals surface area contributed by atoms with E-state index in [-0.39, 0.29) is 0 Å². The fourth-order valence-corrected chi connectivity index (χ4v) is 3.31. The molecule has 11 heteroatoms. The molecule has 0 N–H and O–H groups in total. The normalized spacial score (nSPS) is 14.1. The van der Waals surface area contributed by atoms with E-state index in [1.165, 1.54) is 26.1 Å². The minimum absolute atomic E-state index is 0.411. The molecule has 136 valence electrons. The predicted molar refractivity (Wildman–Crippen MR) is 77.9 cm³/mol. The lowest BCUT2D eigenvalue weighted by atomic mass is 10.3. The minimum atomic E-state index is -6.03. The summed E-state index contributed by atoms with van der Waals surface area (Å²) in [5, 5.41) is 0. The smallest absolute Gasteiger partial charge is 0.305 e. The van der Waals surface area contributed by atoms with Crippen LogP contribution in [0, 0.1) is 6.92 Å². The number of halogens is 5. The fourth-order valence-electron chi connectivity index (χ4n) is 1.62. The highest BCUT2D eigenvalue weighted by atomic mass is 31.2. The molecule has 0 aromatic carbocycles. The second kappa shape index (κ2) is 7.67. The maximum absolute atomic E-state index is 13.9. The summed E-state index contributed by atoms with van der Waals surface area (Å²) in [4.78, 5) is 6.78. The van der Waals surface area contributed by atoms with E-state index in [0.29, 0.717) is 5.56 Å². The van der Waals surface area contributed by atoms with Crippen molar-refractivity contribution in [1.82, 2.24) is 4.98 Å². The van der Waals surface area contributed by atoms with Gasteiger partial charge in [-0.25, -0.2) is 9.98 Å². The SMILES string of the molecule is CCOP(=O)(OCC)C(=Nc1cc(C)ccn1)C(F)(F)C(F)(F)F. The molecule has 0 bridgehead atoms. The second-order valence-electron chi connectivity index (χ2n) is 4.53. The topological polar surface area (TPSA) is 60.8 Å². The number of aliphatic imine (C=N–C) groups is 1. The van der Waals surface area contributed by atoms with Crippen LogP contribution >= 0.6 is 7.60 Å². The third-order valence-electron chi connectivity index (χ3n) is 2.62. The first kappa shape index (κ1) is 20.7.